The van der Waals surface area contributed by atoms with Crippen molar-refractivity contribution in [2.45, 2.75) is 12.8 Å². The third-order valence-electron chi connectivity index (χ3n) is 2.84. The Labute approximate surface area is 105 Å². The molecule has 0 aromatic carbocycles. The molecule has 102 valence electrons. The second kappa shape index (κ2) is 9.65. The van der Waals surface area contributed by atoms with Gasteiger partial charge in [-0.05, 0) is 18.8 Å². The number of nitrogens with zero attached hydrogens (tertiary/aromatic N) is 2. The van der Waals surface area contributed by atoms with Gasteiger partial charge in [0.25, 0.3) is 0 Å². The van der Waals surface area contributed by atoms with Crippen molar-refractivity contribution in [2.24, 2.45) is 21.3 Å². The van der Waals surface area contributed by atoms with Crippen molar-refractivity contribution < 1.29 is 24.9 Å². The number of carbonyl (C=O) groups excluding carboxylic acids is 2. The molecule has 0 aromatic rings. The molecule has 7 nitrogen and oxygen atoms in total. The predicted molar refractivity (Wildman–Crippen MR) is 62.4 cm³/mol. The molecule has 0 aliphatic rings. The molecule has 3 N–H and O–H groups in total. The maximum absolute atomic E-state index is 10.1. The zero-order chi connectivity index (χ0) is 13.9. The van der Waals surface area contributed by atoms with Gasteiger partial charge >= 0.3 is 0 Å². The predicted octanol–water partition coefficient (Wildman–Crippen LogP) is -0.982. The molecule has 1 unspecified atom stereocenters. The van der Waals surface area contributed by atoms with Gasteiger partial charge in [-0.1, -0.05) is 0 Å². The van der Waals surface area contributed by atoms with Gasteiger partial charge in [0.05, 0.1) is 26.3 Å². The van der Waals surface area contributed by atoms with E-state index in [1.807, 2.05) is 0 Å². The third kappa shape index (κ3) is 5.82. The molecule has 1 atom stereocenters. The first-order valence-corrected chi connectivity index (χ1v) is 5.58. The lowest BCUT2D eigenvalue weighted by Gasteiger charge is -2.30. The standard InChI is InChI=1S/C11H18N2O5/c14-4-10(1-2-12-8-17)3-11(6-15,7-16)5-13-9-18/h10,14-16H,1-7H2. The number of rotatable bonds is 10. The highest BCUT2D eigenvalue weighted by Crippen LogP contribution is 2.28. The summed E-state index contributed by atoms with van der Waals surface area (Å²) in [5.74, 6) is -0.247. The largest absolute Gasteiger partial charge is 0.396 e. The number of aliphatic hydroxyl groups excluding tert-OH is 3. The number of isocyanates is 2. The summed E-state index contributed by atoms with van der Waals surface area (Å²) in [6.07, 6.45) is 3.46. The van der Waals surface area contributed by atoms with Crippen molar-refractivity contribution in [1.29, 1.82) is 0 Å². The second-order valence-corrected chi connectivity index (χ2v) is 4.24. The van der Waals surface area contributed by atoms with E-state index in [1.165, 1.54) is 12.2 Å². The van der Waals surface area contributed by atoms with Crippen molar-refractivity contribution in [2.75, 3.05) is 32.9 Å². The summed E-state index contributed by atoms with van der Waals surface area (Å²) in [7, 11) is 0. The highest BCUT2D eigenvalue weighted by atomic mass is 16.3. The highest BCUT2D eigenvalue weighted by molar-refractivity contribution is 5.33. The maximum Gasteiger partial charge on any atom is 0.234 e. The van der Waals surface area contributed by atoms with Gasteiger partial charge in [-0.3, -0.25) is 0 Å². The van der Waals surface area contributed by atoms with E-state index < -0.39 is 5.41 Å². The summed E-state index contributed by atoms with van der Waals surface area (Å²) in [4.78, 5) is 26.8. The van der Waals surface area contributed by atoms with Crippen LogP contribution >= 0.6 is 0 Å². The van der Waals surface area contributed by atoms with Crippen LogP contribution in [-0.2, 0) is 9.59 Å². The Morgan fingerprint density at radius 1 is 1.06 bits per heavy atom. The van der Waals surface area contributed by atoms with Crippen LogP contribution in [0, 0.1) is 11.3 Å². The molecule has 0 aliphatic heterocycles. The van der Waals surface area contributed by atoms with Crippen molar-refractivity contribution in [1.82, 2.24) is 0 Å². The Kier molecular flexibility index (Phi) is 8.92. The van der Waals surface area contributed by atoms with E-state index in [4.69, 9.17) is 0 Å². The fourth-order valence-corrected chi connectivity index (χ4v) is 1.71. The van der Waals surface area contributed by atoms with Crippen molar-refractivity contribution in [3.05, 3.63) is 0 Å². The molecule has 0 radical (unpaired) electrons. The molecule has 0 rings (SSSR count). The number of aliphatic imine (C=N–C) groups is 2. The van der Waals surface area contributed by atoms with Crippen LogP contribution in [0.5, 0.6) is 0 Å². The van der Waals surface area contributed by atoms with Crippen LogP contribution in [0.1, 0.15) is 12.8 Å². The molecule has 0 saturated heterocycles. The SMILES string of the molecule is O=C=NCCC(CO)CC(CO)(CO)CN=C=O. The first-order chi connectivity index (χ1) is 8.67. The molecule has 0 spiro atoms. The van der Waals surface area contributed by atoms with Gasteiger partial charge in [-0.2, -0.15) is 0 Å². The highest BCUT2D eigenvalue weighted by Gasteiger charge is 2.31. The molecule has 0 heterocycles. The molecule has 7 heteroatoms. The maximum atomic E-state index is 10.1. The van der Waals surface area contributed by atoms with E-state index in [9.17, 15) is 24.9 Å². The summed E-state index contributed by atoms with van der Waals surface area (Å²) in [6.45, 7) is -0.721. The van der Waals surface area contributed by atoms with Gasteiger partial charge in [-0.25, -0.2) is 19.6 Å². The van der Waals surface area contributed by atoms with E-state index in [-0.39, 0.29) is 45.2 Å². The van der Waals surface area contributed by atoms with Gasteiger partial charge in [0.1, 0.15) is 0 Å². The van der Waals surface area contributed by atoms with Crippen LogP contribution in [0.15, 0.2) is 9.98 Å². The lowest BCUT2D eigenvalue weighted by molar-refractivity contribution is 0.0301. The first kappa shape index (κ1) is 16.6. The van der Waals surface area contributed by atoms with Crippen LogP contribution in [0.2, 0.25) is 0 Å². The number of hydrogen-bond acceptors (Lipinski definition) is 7. The normalized spacial score (nSPS) is 12.4. The van der Waals surface area contributed by atoms with Gasteiger partial charge in [-0.15, -0.1) is 0 Å². The Bertz CT molecular complexity index is 317. The van der Waals surface area contributed by atoms with Crippen LogP contribution in [0.3, 0.4) is 0 Å². The van der Waals surface area contributed by atoms with E-state index in [1.54, 1.807) is 0 Å². The summed E-state index contributed by atoms with van der Waals surface area (Å²) in [6, 6.07) is 0. The van der Waals surface area contributed by atoms with Crippen molar-refractivity contribution in [3.63, 3.8) is 0 Å². The van der Waals surface area contributed by atoms with Crippen LogP contribution in [-0.4, -0.2) is 60.4 Å². The summed E-state index contributed by atoms with van der Waals surface area (Å²) in [5, 5.41) is 27.8. The summed E-state index contributed by atoms with van der Waals surface area (Å²) in [5.41, 5.74) is -0.963. The van der Waals surface area contributed by atoms with Gasteiger partial charge in [0.2, 0.25) is 12.2 Å². The van der Waals surface area contributed by atoms with E-state index in [2.05, 4.69) is 9.98 Å². The van der Waals surface area contributed by atoms with Crippen molar-refractivity contribution >= 4 is 12.2 Å². The molecule has 0 bridgehead atoms. The van der Waals surface area contributed by atoms with Crippen LogP contribution < -0.4 is 0 Å². The quantitative estimate of drug-likeness (QED) is 0.343. The zero-order valence-electron chi connectivity index (χ0n) is 10.1. The van der Waals surface area contributed by atoms with Crippen molar-refractivity contribution in [3.8, 4) is 0 Å². The lowest BCUT2D eigenvalue weighted by atomic mass is 9.79. The monoisotopic (exact) mass is 258 g/mol. The smallest absolute Gasteiger partial charge is 0.234 e. The Morgan fingerprint density at radius 2 is 1.67 bits per heavy atom. The number of aliphatic hydroxyl groups is 3. The fraction of sp³-hybridized carbons (Fsp3) is 0.818. The molecule has 0 aromatic heterocycles. The second-order valence-electron chi connectivity index (χ2n) is 4.24. The van der Waals surface area contributed by atoms with Crippen LogP contribution in [0.25, 0.3) is 0 Å². The first-order valence-electron chi connectivity index (χ1n) is 5.58. The topological polar surface area (TPSA) is 120 Å². The molecule has 0 saturated carbocycles. The molecule has 0 aliphatic carbocycles. The van der Waals surface area contributed by atoms with Gasteiger partial charge < -0.3 is 15.3 Å². The Balaban J connectivity index is 4.59. The molecular weight excluding hydrogens is 240 g/mol. The minimum atomic E-state index is -0.963. The van der Waals surface area contributed by atoms with Gasteiger partial charge in [0, 0.05) is 12.0 Å². The summed E-state index contributed by atoms with van der Waals surface area (Å²) < 4.78 is 0. The Hall–Kier alpha value is -1.36. The van der Waals surface area contributed by atoms with E-state index in [0.29, 0.717) is 6.42 Å². The average molecular weight is 258 g/mol. The number of hydrogen-bond donors (Lipinski definition) is 3. The molecule has 18 heavy (non-hydrogen) atoms. The van der Waals surface area contributed by atoms with Crippen LogP contribution in [0.4, 0.5) is 0 Å². The Morgan fingerprint density at radius 3 is 2.11 bits per heavy atom. The zero-order valence-corrected chi connectivity index (χ0v) is 10.1. The van der Waals surface area contributed by atoms with Gasteiger partial charge in [0.15, 0.2) is 0 Å². The van der Waals surface area contributed by atoms with E-state index >= 15 is 0 Å². The molecule has 0 amide bonds. The minimum Gasteiger partial charge on any atom is -0.396 e. The minimum absolute atomic E-state index is 0.0586. The fourth-order valence-electron chi connectivity index (χ4n) is 1.71. The lowest BCUT2D eigenvalue weighted by Crippen LogP contribution is -2.36. The van der Waals surface area contributed by atoms with E-state index in [0.717, 1.165) is 0 Å². The third-order valence-corrected chi connectivity index (χ3v) is 2.84. The molecule has 0 fully saturated rings. The molecular formula is C11H18N2O5. The summed E-state index contributed by atoms with van der Waals surface area (Å²) >= 11 is 0. The average Bonchev–Trinajstić information content (AvgIpc) is 2.42.